The SMILES string of the molecule is O=[PH](O)Oc1ccc2c(n1)C(F)(F)CNC2. The zero-order valence-electron chi connectivity index (χ0n) is 8.04. The molecule has 0 aliphatic carbocycles. The molecular formula is C8H9F2N2O3P. The number of aromatic nitrogens is 1. The highest BCUT2D eigenvalue weighted by molar-refractivity contribution is 7.32. The van der Waals surface area contributed by atoms with Gasteiger partial charge >= 0.3 is 14.2 Å². The molecule has 0 saturated heterocycles. The van der Waals surface area contributed by atoms with Gasteiger partial charge in [0, 0.05) is 12.6 Å². The maximum absolute atomic E-state index is 13.4. The van der Waals surface area contributed by atoms with E-state index in [1.807, 2.05) is 0 Å². The molecule has 16 heavy (non-hydrogen) atoms. The van der Waals surface area contributed by atoms with Gasteiger partial charge in [0.05, 0.1) is 6.54 Å². The van der Waals surface area contributed by atoms with E-state index < -0.39 is 26.4 Å². The highest BCUT2D eigenvalue weighted by Gasteiger charge is 2.38. The van der Waals surface area contributed by atoms with Crippen LogP contribution in [-0.4, -0.2) is 16.4 Å². The van der Waals surface area contributed by atoms with Crippen LogP contribution in [-0.2, 0) is 17.0 Å². The summed E-state index contributed by atoms with van der Waals surface area (Å²) in [4.78, 5) is 12.1. The minimum atomic E-state index is -3.22. The predicted octanol–water partition coefficient (Wildman–Crippen LogP) is 1.04. The van der Waals surface area contributed by atoms with Gasteiger partial charge in [-0.25, -0.2) is 9.55 Å². The summed E-state index contributed by atoms with van der Waals surface area (Å²) in [5.74, 6) is -3.34. The molecule has 0 bridgehead atoms. The number of rotatable bonds is 2. The fourth-order valence-electron chi connectivity index (χ4n) is 1.51. The highest BCUT2D eigenvalue weighted by atomic mass is 31.1. The van der Waals surface area contributed by atoms with Gasteiger partial charge in [0.2, 0.25) is 5.88 Å². The molecule has 2 rings (SSSR count). The lowest BCUT2D eigenvalue weighted by Crippen LogP contribution is -2.37. The van der Waals surface area contributed by atoms with Gasteiger partial charge in [-0.2, -0.15) is 8.78 Å². The Balaban J connectivity index is 2.39. The molecule has 0 spiro atoms. The second-order valence-corrected chi connectivity index (χ2v) is 4.07. The van der Waals surface area contributed by atoms with E-state index >= 15 is 0 Å². The first-order valence-electron chi connectivity index (χ1n) is 4.49. The second kappa shape index (κ2) is 4.08. The van der Waals surface area contributed by atoms with Crippen molar-refractivity contribution >= 4 is 8.25 Å². The predicted molar refractivity (Wildman–Crippen MR) is 51.7 cm³/mol. The molecule has 1 unspecified atom stereocenters. The van der Waals surface area contributed by atoms with Gasteiger partial charge in [0.15, 0.2) is 0 Å². The highest BCUT2D eigenvalue weighted by Crippen LogP contribution is 2.33. The van der Waals surface area contributed by atoms with Gasteiger partial charge in [-0.3, -0.25) is 0 Å². The molecule has 2 N–H and O–H groups in total. The quantitative estimate of drug-likeness (QED) is 0.767. The molecule has 0 amide bonds. The number of pyridine rings is 1. The summed E-state index contributed by atoms with van der Waals surface area (Å²) < 4.78 is 41.6. The Morgan fingerprint density at radius 2 is 2.31 bits per heavy atom. The Morgan fingerprint density at radius 3 is 3.00 bits per heavy atom. The largest absolute Gasteiger partial charge is 0.408 e. The molecule has 8 heteroatoms. The lowest BCUT2D eigenvalue weighted by molar-refractivity contribution is -0.0158. The molecule has 0 fully saturated rings. The average Bonchev–Trinajstić information content (AvgIpc) is 2.18. The molecule has 5 nitrogen and oxygen atoms in total. The Kier molecular flexibility index (Phi) is 2.92. The van der Waals surface area contributed by atoms with Gasteiger partial charge in [-0.15, -0.1) is 0 Å². The Hall–Kier alpha value is -1.04. The maximum atomic E-state index is 13.4. The van der Waals surface area contributed by atoms with Crippen LogP contribution in [0.3, 0.4) is 0 Å². The summed E-state index contributed by atoms with van der Waals surface area (Å²) in [7, 11) is -3.22. The molecule has 0 saturated carbocycles. The second-order valence-electron chi connectivity index (χ2n) is 3.33. The molecule has 1 aliphatic heterocycles. The summed E-state index contributed by atoms with van der Waals surface area (Å²) in [5.41, 5.74) is -0.0341. The third kappa shape index (κ3) is 2.21. The number of nitrogens with zero attached hydrogens (tertiary/aromatic N) is 1. The minimum Gasteiger partial charge on any atom is -0.408 e. The van der Waals surface area contributed by atoms with E-state index in [1.54, 1.807) is 0 Å². The summed E-state index contributed by atoms with van der Waals surface area (Å²) in [6.45, 7) is -0.197. The van der Waals surface area contributed by atoms with Crippen LogP contribution in [0, 0.1) is 0 Å². The fraction of sp³-hybridized carbons (Fsp3) is 0.375. The number of halogens is 2. The van der Waals surface area contributed by atoms with E-state index in [0.717, 1.165) is 0 Å². The van der Waals surface area contributed by atoms with Crippen molar-refractivity contribution in [3.8, 4) is 5.88 Å². The van der Waals surface area contributed by atoms with Crippen LogP contribution in [0.15, 0.2) is 12.1 Å². The minimum absolute atomic E-state index is 0.258. The van der Waals surface area contributed by atoms with Crippen LogP contribution in [0.1, 0.15) is 11.3 Å². The summed E-state index contributed by atoms with van der Waals surface area (Å²) >= 11 is 0. The van der Waals surface area contributed by atoms with Crippen LogP contribution >= 0.6 is 8.25 Å². The fourth-order valence-corrected chi connectivity index (χ4v) is 1.81. The van der Waals surface area contributed by atoms with E-state index in [1.165, 1.54) is 12.1 Å². The van der Waals surface area contributed by atoms with Crippen LogP contribution in [0.5, 0.6) is 5.88 Å². The van der Waals surface area contributed by atoms with Crippen molar-refractivity contribution in [2.45, 2.75) is 12.5 Å². The third-order valence-electron chi connectivity index (χ3n) is 2.15. The Morgan fingerprint density at radius 1 is 1.56 bits per heavy atom. The van der Waals surface area contributed by atoms with E-state index in [2.05, 4.69) is 14.8 Å². The zero-order chi connectivity index (χ0) is 11.8. The van der Waals surface area contributed by atoms with Crippen LogP contribution in [0.2, 0.25) is 0 Å². The lowest BCUT2D eigenvalue weighted by atomic mass is 10.0. The Bertz CT molecular complexity index is 441. The molecule has 88 valence electrons. The lowest BCUT2D eigenvalue weighted by Gasteiger charge is -2.24. The maximum Gasteiger partial charge on any atom is 0.366 e. The molecule has 2 heterocycles. The Labute approximate surface area is 90.4 Å². The van der Waals surface area contributed by atoms with Crippen LogP contribution in [0.4, 0.5) is 8.78 Å². The topological polar surface area (TPSA) is 71.5 Å². The number of alkyl halides is 2. The van der Waals surface area contributed by atoms with Gasteiger partial charge in [0.25, 0.3) is 0 Å². The molecule has 0 radical (unpaired) electrons. The van der Waals surface area contributed by atoms with Crippen molar-refractivity contribution in [2.75, 3.05) is 6.54 Å². The van der Waals surface area contributed by atoms with E-state index in [9.17, 15) is 13.3 Å². The molecule has 1 aliphatic rings. The molecular weight excluding hydrogens is 241 g/mol. The van der Waals surface area contributed by atoms with Gasteiger partial charge < -0.3 is 14.7 Å². The molecule has 0 aromatic carbocycles. The summed E-state index contributed by atoms with van der Waals surface area (Å²) in [6.07, 6.45) is 0. The molecule has 1 aromatic rings. The van der Waals surface area contributed by atoms with Gasteiger partial charge in [-0.05, 0) is 5.56 Å². The standard InChI is InChI=1S/C8H9F2N2O3P/c9-8(10)4-11-3-5-1-2-6(12-7(5)8)15-16(13)14/h1-2,11,16H,3-4H2,(H,13,14). The number of nitrogens with one attached hydrogen (secondary N) is 1. The smallest absolute Gasteiger partial charge is 0.366 e. The van der Waals surface area contributed by atoms with Crippen LogP contribution in [0.25, 0.3) is 0 Å². The number of hydrogen-bond donors (Lipinski definition) is 2. The first kappa shape index (κ1) is 11.4. The summed E-state index contributed by atoms with van der Waals surface area (Å²) in [5, 5.41) is 2.56. The van der Waals surface area contributed by atoms with Gasteiger partial charge in [0.1, 0.15) is 5.69 Å². The van der Waals surface area contributed by atoms with Crippen LogP contribution < -0.4 is 9.84 Å². The zero-order valence-corrected chi connectivity index (χ0v) is 9.04. The van der Waals surface area contributed by atoms with Gasteiger partial charge in [-0.1, -0.05) is 6.07 Å². The van der Waals surface area contributed by atoms with Crippen molar-refractivity contribution in [3.05, 3.63) is 23.4 Å². The monoisotopic (exact) mass is 250 g/mol. The summed E-state index contributed by atoms with van der Waals surface area (Å²) in [6, 6.07) is 2.70. The number of fused-ring (bicyclic) bond motifs is 1. The average molecular weight is 250 g/mol. The van der Waals surface area contributed by atoms with Crippen molar-refractivity contribution in [1.82, 2.24) is 10.3 Å². The van der Waals surface area contributed by atoms with Crippen molar-refractivity contribution < 1.29 is 22.8 Å². The normalized spacial score (nSPS) is 19.9. The van der Waals surface area contributed by atoms with E-state index in [-0.39, 0.29) is 5.88 Å². The van der Waals surface area contributed by atoms with Crippen molar-refractivity contribution in [3.63, 3.8) is 0 Å². The molecule has 1 aromatic heterocycles. The first-order valence-corrected chi connectivity index (χ1v) is 5.75. The number of hydrogen-bond acceptors (Lipinski definition) is 4. The first-order chi connectivity index (χ1) is 7.49. The van der Waals surface area contributed by atoms with Crippen molar-refractivity contribution in [2.24, 2.45) is 0 Å². The van der Waals surface area contributed by atoms with E-state index in [0.29, 0.717) is 12.1 Å². The van der Waals surface area contributed by atoms with E-state index in [4.69, 9.17) is 4.89 Å². The van der Waals surface area contributed by atoms with Crippen molar-refractivity contribution in [1.29, 1.82) is 0 Å². The third-order valence-corrected chi connectivity index (χ3v) is 2.54. The molecule has 1 atom stereocenters.